The molecule has 2 saturated heterocycles. The first kappa shape index (κ1) is 53.4. The predicted octanol–water partition coefficient (Wildman–Crippen LogP) is 9.14. The summed E-state index contributed by atoms with van der Waals surface area (Å²) in [6, 6.07) is 21.7. The van der Waals surface area contributed by atoms with E-state index >= 15 is 0 Å². The third-order valence-electron chi connectivity index (χ3n) is 17.4. The zero-order valence-corrected chi connectivity index (χ0v) is 46.0. The number of piperidine rings is 1. The molecule has 6 heterocycles. The molecule has 5 aliphatic rings. The van der Waals surface area contributed by atoms with Crippen molar-refractivity contribution in [2.45, 2.75) is 113 Å². The van der Waals surface area contributed by atoms with Gasteiger partial charge in [-0.3, -0.25) is 14.6 Å². The highest BCUT2D eigenvalue weighted by atomic mass is 32.2. The van der Waals surface area contributed by atoms with Crippen LogP contribution < -0.4 is 34.2 Å². The van der Waals surface area contributed by atoms with Gasteiger partial charge in [-0.15, -0.1) is 0 Å². The Morgan fingerprint density at radius 3 is 2.55 bits per heavy atom. The van der Waals surface area contributed by atoms with Crippen LogP contribution in [-0.4, -0.2) is 121 Å². The summed E-state index contributed by atoms with van der Waals surface area (Å²) in [7, 11) is -0.317. The number of aliphatic hydroxyl groups is 1. The molecule has 4 aromatic heterocycles. The standard InChI is InChI=1S/C58H70FN10O8S/c1-35(2)41-9-7-8-10-42(41)49-34-67(33-37-15-19-60-52(23-37)75-5)21-22-69(49)39-28-58(29-39)18-20-68(47-27-45(47)58)38-11-12-43(50(24-38)77-51-26-44-46(59)32-63-53(44)64-56(51)76-6)55(70)65-78(73,74)40-25-48(66(4)72)54(62-31-40)61-30-36-13-16-57(3,71)17-14-36/h7-12,15,19,23-26,31-32,35-36,39,45,47,49,71H,13-14,16-18,20-22,27-30,33-34H2,1-6H3,(H,61,62)(H,63,64)(H,65,70)/q-1/t36?,39?,45?,47?,49-,57?,58?/m0/s1. The second-order valence-electron chi connectivity index (χ2n) is 22.9. The van der Waals surface area contributed by atoms with Crippen LogP contribution in [0.3, 0.4) is 0 Å². The van der Waals surface area contributed by atoms with Crippen molar-refractivity contribution in [3.63, 3.8) is 0 Å². The van der Waals surface area contributed by atoms with Crippen molar-refractivity contribution in [1.29, 1.82) is 0 Å². The van der Waals surface area contributed by atoms with E-state index in [0.29, 0.717) is 48.2 Å². The number of methoxy groups -OCH3 is 2. The van der Waals surface area contributed by atoms with Crippen LogP contribution in [0, 0.1) is 28.3 Å². The summed E-state index contributed by atoms with van der Waals surface area (Å²) < 4.78 is 62.7. The van der Waals surface area contributed by atoms with E-state index in [2.05, 4.69) is 88.9 Å². The van der Waals surface area contributed by atoms with Crippen LogP contribution in [0.5, 0.6) is 23.3 Å². The molecule has 78 heavy (non-hydrogen) atoms. The minimum absolute atomic E-state index is 0.00796. The molecule has 1 spiro atoms. The Morgan fingerprint density at radius 1 is 1.00 bits per heavy atom. The van der Waals surface area contributed by atoms with Crippen molar-refractivity contribution in [3.05, 3.63) is 119 Å². The molecule has 3 aliphatic carbocycles. The Bertz CT molecular complexity index is 3300. The molecule has 0 radical (unpaired) electrons. The summed E-state index contributed by atoms with van der Waals surface area (Å²) in [4.78, 5) is 37.5. The van der Waals surface area contributed by atoms with Gasteiger partial charge in [0.25, 0.3) is 21.8 Å². The largest absolute Gasteiger partial charge is 0.758 e. The lowest BCUT2D eigenvalue weighted by Crippen LogP contribution is -2.60. The number of amides is 1. The molecule has 2 unspecified atom stereocenters. The SMILES string of the molecule is COc1cc(CN2CCN(C3CC4(CCN(c5ccc(C(=O)NS(=O)(=O)c6cnc(NCC7CCC(C)(O)CC7)c(N(C)[O-])c6)c(Oc6cc7c(F)c[nH]c7nc6OC)c5)C5CC54)C3)[C@H](c3ccccc3C(C)C)C2)ccn1. The maximum atomic E-state index is 15.0. The van der Waals surface area contributed by atoms with E-state index in [9.17, 15) is 27.9 Å². The van der Waals surface area contributed by atoms with E-state index in [-0.39, 0.29) is 68.9 Å². The molecular weight excluding hydrogens is 1020 g/mol. The van der Waals surface area contributed by atoms with E-state index < -0.39 is 32.2 Å². The number of fused-ring (bicyclic) bond motifs is 3. The number of aromatic nitrogens is 4. The normalized spacial score (nSPS) is 25.4. The van der Waals surface area contributed by atoms with E-state index in [1.807, 2.05) is 25.3 Å². The Hall–Kier alpha value is -6.58. The fraction of sp³-hybridized carbons (Fsp3) is 0.483. The summed E-state index contributed by atoms with van der Waals surface area (Å²) in [6.45, 7) is 11.3. The number of halogens is 1. The lowest BCUT2D eigenvalue weighted by molar-refractivity contribution is -0.0705. The highest BCUT2D eigenvalue weighted by Gasteiger charge is 2.63. The number of sulfonamides is 1. The number of H-pyrrole nitrogens is 1. The Kier molecular flexibility index (Phi) is 14.5. The van der Waals surface area contributed by atoms with Crippen molar-refractivity contribution in [2.24, 2.45) is 17.3 Å². The molecule has 6 aromatic rings. The van der Waals surface area contributed by atoms with Gasteiger partial charge in [0, 0.05) is 99.9 Å². The molecule has 20 heteroatoms. The van der Waals surface area contributed by atoms with Crippen molar-refractivity contribution >= 4 is 44.2 Å². The predicted molar refractivity (Wildman–Crippen MR) is 296 cm³/mol. The molecule has 18 nitrogen and oxygen atoms in total. The average molecular weight is 1090 g/mol. The lowest BCUT2D eigenvalue weighted by Gasteiger charge is -2.58. The number of hydrogen-bond acceptors (Lipinski definition) is 16. The minimum Gasteiger partial charge on any atom is -0.758 e. The number of carbonyl (C=O) groups is 1. The molecule has 11 rings (SSSR count). The monoisotopic (exact) mass is 1090 g/mol. The van der Waals surface area contributed by atoms with Gasteiger partial charge in [0.1, 0.15) is 27.9 Å². The fourth-order valence-corrected chi connectivity index (χ4v) is 13.9. The Labute approximate surface area is 455 Å². The van der Waals surface area contributed by atoms with Crippen LogP contribution in [0.1, 0.15) is 111 Å². The molecule has 3 saturated carbocycles. The smallest absolute Gasteiger partial charge is 0.268 e. The van der Waals surface area contributed by atoms with Crippen LogP contribution >= 0.6 is 0 Å². The molecule has 414 valence electrons. The van der Waals surface area contributed by atoms with Gasteiger partial charge in [-0.2, -0.15) is 4.98 Å². The van der Waals surface area contributed by atoms with Crippen LogP contribution in [0.4, 0.5) is 21.6 Å². The van der Waals surface area contributed by atoms with Gasteiger partial charge in [-0.1, -0.05) is 38.1 Å². The van der Waals surface area contributed by atoms with Crippen molar-refractivity contribution in [2.75, 3.05) is 69.3 Å². The summed E-state index contributed by atoms with van der Waals surface area (Å²) >= 11 is 0. The van der Waals surface area contributed by atoms with E-state index in [1.54, 1.807) is 19.2 Å². The van der Waals surface area contributed by atoms with E-state index in [4.69, 9.17) is 14.2 Å². The number of benzene rings is 2. The number of aromatic amines is 1. The molecule has 5 fully saturated rings. The molecule has 2 aromatic carbocycles. The number of pyridine rings is 3. The van der Waals surface area contributed by atoms with Gasteiger partial charge < -0.3 is 44.8 Å². The average Bonchev–Trinajstić information content (AvgIpc) is 4.08. The molecule has 3 atom stereocenters. The zero-order valence-electron chi connectivity index (χ0n) is 45.2. The minimum atomic E-state index is -4.61. The Morgan fingerprint density at radius 2 is 1.79 bits per heavy atom. The summed E-state index contributed by atoms with van der Waals surface area (Å²) in [5.74, 6) is 0.401. The topological polar surface area (TPSA) is 214 Å². The number of anilines is 3. The first-order chi connectivity index (χ1) is 37.4. The van der Waals surface area contributed by atoms with E-state index in [1.165, 1.54) is 49.2 Å². The maximum Gasteiger partial charge on any atom is 0.268 e. The number of carbonyl (C=O) groups excluding carboxylic acids is 1. The number of hydrogen-bond donors (Lipinski definition) is 4. The number of nitrogens with one attached hydrogen (secondary N) is 3. The molecular formula is C58H70FN10O8S-. The number of hydroxylamine groups is 1. The fourth-order valence-electron chi connectivity index (χ4n) is 13.0. The molecule has 0 bridgehead atoms. The van der Waals surface area contributed by atoms with Crippen LogP contribution in [-0.2, 0) is 16.6 Å². The van der Waals surface area contributed by atoms with Gasteiger partial charge in [-0.05, 0) is 129 Å². The number of ether oxygens (including phenoxy) is 3. The lowest BCUT2D eigenvalue weighted by atomic mass is 9.58. The van der Waals surface area contributed by atoms with Gasteiger partial charge in [0.2, 0.25) is 5.88 Å². The van der Waals surface area contributed by atoms with Crippen molar-refractivity contribution < 1.29 is 36.9 Å². The maximum absolute atomic E-state index is 15.0. The Balaban J connectivity index is 0.819. The van der Waals surface area contributed by atoms with Crippen LogP contribution in [0.15, 0.2) is 90.2 Å². The second-order valence-corrected chi connectivity index (χ2v) is 24.5. The zero-order chi connectivity index (χ0) is 54.7. The van der Waals surface area contributed by atoms with Gasteiger partial charge in [0.15, 0.2) is 5.75 Å². The van der Waals surface area contributed by atoms with Gasteiger partial charge >= 0.3 is 0 Å². The third-order valence-corrected chi connectivity index (χ3v) is 18.7. The van der Waals surface area contributed by atoms with E-state index in [0.717, 1.165) is 83.1 Å². The summed E-state index contributed by atoms with van der Waals surface area (Å²) in [6.07, 6.45) is 11.3. The summed E-state index contributed by atoms with van der Waals surface area (Å²) in [5, 5.41) is 27.1. The van der Waals surface area contributed by atoms with Crippen LogP contribution in [0.25, 0.3) is 11.0 Å². The highest BCUT2D eigenvalue weighted by Crippen LogP contribution is 2.65. The van der Waals surface area contributed by atoms with Crippen molar-refractivity contribution in [3.8, 4) is 23.3 Å². The molecule has 2 aliphatic heterocycles. The van der Waals surface area contributed by atoms with Gasteiger partial charge in [-0.25, -0.2) is 27.5 Å². The first-order valence-corrected chi connectivity index (χ1v) is 28.7. The molecule has 1 amide bonds. The van der Waals surface area contributed by atoms with Crippen molar-refractivity contribution in [1.82, 2.24) is 34.5 Å². The number of nitrogens with zero attached hydrogens (tertiary/aromatic N) is 7. The molecule has 4 N–H and O–H groups in total. The second kappa shape index (κ2) is 21.2. The van der Waals surface area contributed by atoms with Crippen LogP contribution in [0.2, 0.25) is 0 Å². The number of rotatable bonds is 17. The quantitative estimate of drug-likeness (QED) is 0.0627. The van der Waals surface area contributed by atoms with Gasteiger partial charge in [0.05, 0.1) is 36.5 Å². The number of piperazine rings is 1. The summed E-state index contributed by atoms with van der Waals surface area (Å²) in [5.41, 5.74) is 4.39. The third kappa shape index (κ3) is 10.7. The highest BCUT2D eigenvalue weighted by molar-refractivity contribution is 7.90. The first-order valence-electron chi connectivity index (χ1n) is 27.2.